The topological polar surface area (TPSA) is 43.4 Å². The summed E-state index contributed by atoms with van der Waals surface area (Å²) in [6, 6.07) is 0. The maximum absolute atomic E-state index is 13.9. The number of rotatable bonds is 4. The average molecular weight is 415 g/mol. The van der Waals surface area contributed by atoms with Crippen molar-refractivity contribution in [1.29, 1.82) is 0 Å². The predicted octanol–water partition coefficient (Wildman–Crippen LogP) is 6.36. The molecule has 0 heterocycles. The van der Waals surface area contributed by atoms with Crippen molar-refractivity contribution in [3.05, 3.63) is 11.6 Å². The van der Waals surface area contributed by atoms with E-state index < -0.39 is 0 Å². The highest BCUT2D eigenvalue weighted by atomic mass is 16.5. The van der Waals surface area contributed by atoms with Crippen molar-refractivity contribution in [2.24, 2.45) is 46.3 Å². The molecular formula is C27H42O3. The van der Waals surface area contributed by atoms with Crippen LogP contribution >= 0.6 is 0 Å². The van der Waals surface area contributed by atoms with E-state index in [1.807, 2.05) is 0 Å². The number of hydrogen-bond acceptors (Lipinski definition) is 3. The van der Waals surface area contributed by atoms with E-state index in [1.54, 1.807) is 0 Å². The van der Waals surface area contributed by atoms with Gasteiger partial charge in [-0.3, -0.25) is 9.59 Å². The minimum atomic E-state index is -0.0956. The second-order valence-corrected chi connectivity index (χ2v) is 11.5. The lowest BCUT2D eigenvalue weighted by Gasteiger charge is -2.60. The molecule has 4 saturated carbocycles. The number of ether oxygens (including phenoxy) is 1. The highest BCUT2D eigenvalue weighted by Crippen LogP contribution is 2.68. The van der Waals surface area contributed by atoms with Crippen LogP contribution in [-0.2, 0) is 14.3 Å². The quantitative estimate of drug-likeness (QED) is 0.397. The van der Waals surface area contributed by atoms with Gasteiger partial charge in [-0.05, 0) is 97.9 Å². The van der Waals surface area contributed by atoms with Crippen molar-refractivity contribution in [2.75, 3.05) is 7.11 Å². The Morgan fingerprint density at radius 2 is 1.83 bits per heavy atom. The van der Waals surface area contributed by atoms with Crippen molar-refractivity contribution in [3.8, 4) is 0 Å². The minimum absolute atomic E-state index is 0.0956. The van der Waals surface area contributed by atoms with Gasteiger partial charge < -0.3 is 4.74 Å². The van der Waals surface area contributed by atoms with Gasteiger partial charge in [-0.1, -0.05) is 39.7 Å². The lowest BCUT2D eigenvalue weighted by atomic mass is 9.43. The first-order chi connectivity index (χ1) is 14.3. The van der Waals surface area contributed by atoms with E-state index >= 15 is 0 Å². The summed E-state index contributed by atoms with van der Waals surface area (Å²) < 4.78 is 4.88. The molecule has 0 amide bonds. The standard InChI is InChI=1S/C27H42O3/c1-6-18-20-9-7-8-15-26(20,3)22-14-16-27(4)19(17(2)10-13-23(28)30-5)11-12-21(27)24(22)25(18)29/h6,17,19-22,24H,7-16H2,1-5H3/b18-6+/t17-,19-,20+,21?,22?,24?,26+,27-/m1/s1. The van der Waals surface area contributed by atoms with E-state index in [1.165, 1.54) is 64.0 Å². The van der Waals surface area contributed by atoms with Gasteiger partial charge in [0.2, 0.25) is 0 Å². The molecule has 4 rings (SSSR count). The lowest BCUT2D eigenvalue weighted by Crippen LogP contribution is -2.57. The van der Waals surface area contributed by atoms with Crippen LogP contribution in [0.25, 0.3) is 0 Å². The number of esters is 1. The Hall–Kier alpha value is -1.12. The first-order valence-electron chi connectivity index (χ1n) is 12.5. The largest absolute Gasteiger partial charge is 0.469 e. The SMILES string of the molecule is C/C=C1/C(=O)C2C3CC[C@H]([C@H](C)CCC(=O)OC)[C@@]3(C)CCC2[C@@]2(C)CCCC[C@@H]12. The van der Waals surface area contributed by atoms with Crippen LogP contribution in [0.2, 0.25) is 0 Å². The summed E-state index contributed by atoms with van der Waals surface area (Å²) >= 11 is 0. The van der Waals surface area contributed by atoms with E-state index in [2.05, 4.69) is 33.8 Å². The Balaban J connectivity index is 1.61. The van der Waals surface area contributed by atoms with Gasteiger partial charge in [-0.25, -0.2) is 0 Å². The molecule has 0 aromatic carbocycles. The molecule has 8 atom stereocenters. The van der Waals surface area contributed by atoms with Gasteiger partial charge in [0.05, 0.1) is 7.11 Å². The Bertz CT molecular complexity index is 724. The van der Waals surface area contributed by atoms with Crippen LogP contribution in [0.15, 0.2) is 11.6 Å². The summed E-state index contributed by atoms with van der Waals surface area (Å²) in [4.78, 5) is 25.6. The number of carbonyl (C=O) groups is 2. The number of carbonyl (C=O) groups excluding carboxylic acids is 2. The zero-order chi connectivity index (χ0) is 21.7. The summed E-state index contributed by atoms with van der Waals surface area (Å²) in [7, 11) is 1.48. The van der Waals surface area contributed by atoms with Gasteiger partial charge in [0.1, 0.15) is 0 Å². The van der Waals surface area contributed by atoms with E-state index in [4.69, 9.17) is 4.74 Å². The van der Waals surface area contributed by atoms with E-state index in [9.17, 15) is 9.59 Å². The third-order valence-electron chi connectivity index (χ3n) is 10.4. The van der Waals surface area contributed by atoms with E-state index in [0.717, 1.165) is 6.42 Å². The number of allylic oxidation sites excluding steroid dienone is 2. The fraction of sp³-hybridized carbons (Fsp3) is 0.852. The third kappa shape index (κ3) is 3.21. The molecular weight excluding hydrogens is 372 g/mol. The summed E-state index contributed by atoms with van der Waals surface area (Å²) in [6.45, 7) is 9.43. The molecule has 0 bridgehead atoms. The molecule has 3 nitrogen and oxygen atoms in total. The zero-order valence-electron chi connectivity index (χ0n) is 19.8. The first-order valence-corrected chi connectivity index (χ1v) is 12.5. The average Bonchev–Trinajstić information content (AvgIpc) is 3.09. The highest BCUT2D eigenvalue weighted by Gasteiger charge is 2.63. The molecule has 0 radical (unpaired) electrons. The second kappa shape index (κ2) is 8.10. The van der Waals surface area contributed by atoms with Gasteiger partial charge in [-0.15, -0.1) is 0 Å². The summed E-state index contributed by atoms with van der Waals surface area (Å²) in [5, 5.41) is 0. The fourth-order valence-corrected chi connectivity index (χ4v) is 8.89. The maximum Gasteiger partial charge on any atom is 0.305 e. The first kappa shape index (κ1) is 22.1. The molecule has 4 aliphatic rings. The van der Waals surface area contributed by atoms with Crippen LogP contribution in [0.5, 0.6) is 0 Å². The predicted molar refractivity (Wildman–Crippen MR) is 120 cm³/mol. The Kier molecular flexibility index (Phi) is 5.96. The van der Waals surface area contributed by atoms with Crippen LogP contribution in [-0.4, -0.2) is 18.9 Å². The van der Waals surface area contributed by atoms with Gasteiger partial charge in [0.15, 0.2) is 5.78 Å². The monoisotopic (exact) mass is 414 g/mol. The molecule has 0 saturated heterocycles. The summed E-state index contributed by atoms with van der Waals surface area (Å²) in [6.07, 6.45) is 13.6. The molecule has 0 aromatic heterocycles. The molecule has 0 aromatic rings. The van der Waals surface area contributed by atoms with Crippen molar-refractivity contribution < 1.29 is 14.3 Å². The van der Waals surface area contributed by atoms with Crippen molar-refractivity contribution >= 4 is 11.8 Å². The van der Waals surface area contributed by atoms with Gasteiger partial charge >= 0.3 is 5.97 Å². The molecule has 4 aliphatic carbocycles. The molecule has 168 valence electrons. The summed E-state index contributed by atoms with van der Waals surface area (Å²) in [5.74, 6) is 3.34. The number of hydrogen-bond donors (Lipinski definition) is 0. The van der Waals surface area contributed by atoms with E-state index in [-0.39, 0.29) is 17.3 Å². The van der Waals surface area contributed by atoms with Gasteiger partial charge in [-0.2, -0.15) is 0 Å². The Morgan fingerprint density at radius 1 is 1.10 bits per heavy atom. The molecule has 30 heavy (non-hydrogen) atoms. The zero-order valence-corrected chi connectivity index (χ0v) is 19.8. The second-order valence-electron chi connectivity index (χ2n) is 11.5. The lowest BCUT2D eigenvalue weighted by molar-refractivity contribution is -0.146. The smallest absolute Gasteiger partial charge is 0.305 e. The van der Waals surface area contributed by atoms with E-state index in [0.29, 0.717) is 47.2 Å². The molecule has 4 fully saturated rings. The number of ketones is 1. The normalized spacial score (nSPS) is 45.4. The minimum Gasteiger partial charge on any atom is -0.469 e. The van der Waals surface area contributed by atoms with Gasteiger partial charge in [0.25, 0.3) is 0 Å². The van der Waals surface area contributed by atoms with Crippen LogP contribution in [0.3, 0.4) is 0 Å². The van der Waals surface area contributed by atoms with Crippen LogP contribution in [0, 0.1) is 46.3 Å². The van der Waals surface area contributed by atoms with Crippen LogP contribution < -0.4 is 0 Å². The molecule has 3 unspecified atom stereocenters. The highest BCUT2D eigenvalue weighted by molar-refractivity contribution is 5.99. The number of Topliss-reactive ketones (excluding diaryl/α,β-unsaturated/α-hetero) is 1. The molecule has 0 aliphatic heterocycles. The molecule has 0 N–H and O–H groups in total. The summed E-state index contributed by atoms with van der Waals surface area (Å²) in [5.41, 5.74) is 1.72. The van der Waals surface area contributed by atoms with Crippen LogP contribution in [0.1, 0.15) is 91.9 Å². The Morgan fingerprint density at radius 3 is 2.53 bits per heavy atom. The Labute approximate surface area is 183 Å². The molecule has 3 heteroatoms. The number of fused-ring (bicyclic) bond motifs is 5. The van der Waals surface area contributed by atoms with Crippen molar-refractivity contribution in [1.82, 2.24) is 0 Å². The number of methoxy groups -OCH3 is 1. The fourth-order valence-electron chi connectivity index (χ4n) is 8.89. The van der Waals surface area contributed by atoms with Crippen molar-refractivity contribution in [2.45, 2.75) is 91.9 Å². The third-order valence-corrected chi connectivity index (χ3v) is 10.4. The maximum atomic E-state index is 13.9. The van der Waals surface area contributed by atoms with Crippen molar-refractivity contribution in [3.63, 3.8) is 0 Å². The molecule has 0 spiro atoms. The van der Waals surface area contributed by atoms with Gasteiger partial charge in [0, 0.05) is 12.3 Å². The van der Waals surface area contributed by atoms with Crippen LogP contribution in [0.4, 0.5) is 0 Å².